The van der Waals surface area contributed by atoms with Crippen molar-refractivity contribution in [1.82, 2.24) is 4.31 Å². The van der Waals surface area contributed by atoms with E-state index in [1.807, 2.05) is 19.1 Å². The highest BCUT2D eigenvalue weighted by Crippen LogP contribution is 2.32. The van der Waals surface area contributed by atoms with Crippen LogP contribution in [0.5, 0.6) is 0 Å². The zero-order valence-corrected chi connectivity index (χ0v) is 19.9. The lowest BCUT2D eigenvalue weighted by Crippen LogP contribution is -2.41. The fraction of sp³-hybridized carbons (Fsp3) is 0.462. The maximum absolute atomic E-state index is 13.0. The lowest BCUT2D eigenvalue weighted by atomic mass is 9.84. The van der Waals surface area contributed by atoms with E-state index >= 15 is 0 Å². The van der Waals surface area contributed by atoms with Crippen molar-refractivity contribution in [2.45, 2.75) is 68.7 Å². The van der Waals surface area contributed by atoms with Gasteiger partial charge in [0.25, 0.3) is 0 Å². The van der Waals surface area contributed by atoms with Crippen molar-refractivity contribution in [2.75, 3.05) is 13.2 Å². The van der Waals surface area contributed by atoms with Crippen LogP contribution in [0.25, 0.3) is 0 Å². The molecule has 1 saturated heterocycles. The average molecular weight is 470 g/mol. The zero-order chi connectivity index (χ0) is 23.4. The van der Waals surface area contributed by atoms with Gasteiger partial charge in [0.15, 0.2) is 12.4 Å². The predicted octanol–water partition coefficient (Wildman–Crippen LogP) is 4.62. The molecule has 2 fully saturated rings. The molecule has 0 N–H and O–H groups in total. The van der Waals surface area contributed by atoms with E-state index in [-0.39, 0.29) is 17.2 Å². The fourth-order valence-electron chi connectivity index (χ4n) is 4.80. The van der Waals surface area contributed by atoms with Crippen molar-refractivity contribution in [3.05, 3.63) is 65.2 Å². The van der Waals surface area contributed by atoms with E-state index < -0.39 is 28.6 Å². The van der Waals surface area contributed by atoms with Crippen LogP contribution >= 0.6 is 0 Å². The first-order valence-corrected chi connectivity index (χ1v) is 13.2. The van der Waals surface area contributed by atoms with E-state index in [4.69, 9.17) is 4.74 Å². The molecule has 33 heavy (non-hydrogen) atoms. The Morgan fingerprint density at radius 3 is 2.24 bits per heavy atom. The van der Waals surface area contributed by atoms with Gasteiger partial charge in [0.2, 0.25) is 10.0 Å². The number of carbonyl (C=O) groups excluding carboxylic acids is 2. The van der Waals surface area contributed by atoms with Crippen molar-refractivity contribution >= 4 is 21.8 Å². The van der Waals surface area contributed by atoms with E-state index in [0.29, 0.717) is 24.3 Å². The lowest BCUT2D eigenvalue weighted by Gasteiger charge is -2.23. The molecule has 6 nitrogen and oxygen atoms in total. The Hall–Kier alpha value is -2.51. The quantitative estimate of drug-likeness (QED) is 0.437. The van der Waals surface area contributed by atoms with E-state index in [0.717, 1.165) is 5.56 Å². The number of esters is 1. The van der Waals surface area contributed by atoms with Crippen molar-refractivity contribution in [1.29, 1.82) is 0 Å². The van der Waals surface area contributed by atoms with Gasteiger partial charge in [0.05, 0.1) is 4.90 Å². The van der Waals surface area contributed by atoms with Crippen LogP contribution in [0.1, 0.15) is 72.3 Å². The number of aryl methyl sites for hydroxylation is 1. The van der Waals surface area contributed by atoms with Crippen LogP contribution in [0, 0.1) is 6.92 Å². The van der Waals surface area contributed by atoms with E-state index in [2.05, 4.69) is 0 Å². The third-order valence-electron chi connectivity index (χ3n) is 6.76. The summed E-state index contributed by atoms with van der Waals surface area (Å²) in [5.41, 5.74) is 2.71. The Kier molecular flexibility index (Phi) is 7.29. The first kappa shape index (κ1) is 23.6. The third kappa shape index (κ3) is 5.36. The Balaban J connectivity index is 1.36. The van der Waals surface area contributed by atoms with Gasteiger partial charge in [-0.2, -0.15) is 4.31 Å². The summed E-state index contributed by atoms with van der Waals surface area (Å²) >= 11 is 0. The summed E-state index contributed by atoms with van der Waals surface area (Å²) in [4.78, 5) is 25.4. The predicted molar refractivity (Wildman–Crippen MR) is 126 cm³/mol. The average Bonchev–Trinajstić information content (AvgIpc) is 3.34. The van der Waals surface area contributed by atoms with Gasteiger partial charge >= 0.3 is 5.97 Å². The summed E-state index contributed by atoms with van der Waals surface area (Å²) in [7, 11) is -3.81. The highest BCUT2D eigenvalue weighted by molar-refractivity contribution is 7.89. The van der Waals surface area contributed by atoms with Gasteiger partial charge in [-0.15, -0.1) is 0 Å². The molecule has 1 aliphatic carbocycles. The summed E-state index contributed by atoms with van der Waals surface area (Å²) in [6.07, 6.45) is 7.12. The molecule has 0 radical (unpaired) electrons. The number of rotatable bonds is 7. The molecule has 2 aliphatic rings. The second-order valence-electron chi connectivity index (χ2n) is 9.07. The molecule has 4 rings (SSSR count). The number of sulfonamides is 1. The number of Topliss-reactive ketones (excluding diaryl/α,β-unsaturated/α-hetero) is 1. The maximum Gasteiger partial charge on any atom is 0.324 e. The van der Waals surface area contributed by atoms with E-state index in [1.165, 1.54) is 42.0 Å². The Morgan fingerprint density at radius 1 is 0.909 bits per heavy atom. The number of ether oxygens (including phenoxy) is 1. The molecular formula is C26H31NO5S. The van der Waals surface area contributed by atoms with Gasteiger partial charge in [0, 0.05) is 12.1 Å². The van der Waals surface area contributed by atoms with Crippen molar-refractivity contribution in [2.24, 2.45) is 0 Å². The van der Waals surface area contributed by atoms with Crippen molar-refractivity contribution in [3.8, 4) is 0 Å². The van der Waals surface area contributed by atoms with Crippen molar-refractivity contribution < 1.29 is 22.7 Å². The molecule has 0 unspecified atom stereocenters. The minimum absolute atomic E-state index is 0.155. The number of hydrogen-bond acceptors (Lipinski definition) is 5. The van der Waals surface area contributed by atoms with Gasteiger partial charge in [-0.3, -0.25) is 9.59 Å². The number of benzene rings is 2. The summed E-state index contributed by atoms with van der Waals surface area (Å²) in [5, 5.41) is 0. The van der Waals surface area contributed by atoms with E-state index in [9.17, 15) is 18.0 Å². The van der Waals surface area contributed by atoms with Crippen LogP contribution in [0.3, 0.4) is 0 Å². The first-order chi connectivity index (χ1) is 15.9. The standard InChI is InChI=1S/C26H31NO5S/c1-19-9-15-23(16-10-19)33(30,31)27-17-5-8-24(27)26(29)32-18-25(28)22-13-11-21(12-14-22)20-6-3-2-4-7-20/h9-16,20,24H,2-8,17-18H2,1H3/t24-/m0/s1. The molecule has 0 amide bonds. The maximum atomic E-state index is 13.0. The van der Waals surface area contributed by atoms with Crippen molar-refractivity contribution in [3.63, 3.8) is 0 Å². The molecule has 176 valence electrons. The number of nitrogens with zero attached hydrogens (tertiary/aromatic N) is 1. The van der Waals surface area contributed by atoms with Crippen LogP contribution < -0.4 is 0 Å². The van der Waals surface area contributed by atoms with Gasteiger partial charge in [-0.05, 0) is 56.2 Å². The second-order valence-corrected chi connectivity index (χ2v) is 11.0. The number of carbonyl (C=O) groups is 2. The van der Waals surface area contributed by atoms with Crippen LogP contribution in [0.15, 0.2) is 53.4 Å². The van der Waals surface area contributed by atoms with Crippen LogP contribution in [-0.4, -0.2) is 43.7 Å². The Bertz CT molecular complexity index is 1090. The van der Waals surface area contributed by atoms with Crippen LogP contribution in [0.4, 0.5) is 0 Å². The molecule has 2 aromatic carbocycles. The Morgan fingerprint density at radius 2 is 1.58 bits per heavy atom. The first-order valence-electron chi connectivity index (χ1n) is 11.7. The van der Waals surface area contributed by atoms with Gasteiger partial charge in [-0.25, -0.2) is 8.42 Å². The molecule has 0 bridgehead atoms. The van der Waals surface area contributed by atoms with Gasteiger partial charge < -0.3 is 4.74 Å². The van der Waals surface area contributed by atoms with Crippen LogP contribution in [0.2, 0.25) is 0 Å². The molecule has 0 spiro atoms. The minimum atomic E-state index is -3.81. The summed E-state index contributed by atoms with van der Waals surface area (Å²) in [6.45, 7) is 1.75. The monoisotopic (exact) mass is 469 g/mol. The highest BCUT2D eigenvalue weighted by Gasteiger charge is 2.40. The molecule has 0 aromatic heterocycles. The van der Waals surface area contributed by atoms with Gasteiger partial charge in [-0.1, -0.05) is 61.2 Å². The molecule has 7 heteroatoms. The molecule has 1 aliphatic heterocycles. The number of ketones is 1. The second kappa shape index (κ2) is 10.2. The zero-order valence-electron chi connectivity index (χ0n) is 19.0. The summed E-state index contributed by atoms with van der Waals surface area (Å²) < 4.78 is 32.5. The lowest BCUT2D eigenvalue weighted by molar-refractivity contribution is -0.146. The van der Waals surface area contributed by atoms with Gasteiger partial charge in [0.1, 0.15) is 6.04 Å². The number of hydrogen-bond donors (Lipinski definition) is 0. The highest BCUT2D eigenvalue weighted by atomic mass is 32.2. The normalized spacial score (nSPS) is 20.0. The third-order valence-corrected chi connectivity index (χ3v) is 8.68. The van der Waals surface area contributed by atoms with E-state index in [1.54, 1.807) is 36.4 Å². The molecule has 1 heterocycles. The molecule has 1 atom stereocenters. The summed E-state index contributed by atoms with van der Waals surface area (Å²) in [5.74, 6) is -0.399. The fourth-order valence-corrected chi connectivity index (χ4v) is 6.45. The smallest absolute Gasteiger partial charge is 0.324 e. The molecule has 1 saturated carbocycles. The molecular weight excluding hydrogens is 438 g/mol. The summed E-state index contributed by atoms with van der Waals surface area (Å²) in [6, 6.07) is 13.2. The van der Waals surface area contributed by atoms with Crippen LogP contribution in [-0.2, 0) is 19.6 Å². The largest absolute Gasteiger partial charge is 0.456 e. The SMILES string of the molecule is Cc1ccc(S(=O)(=O)N2CCC[C@H]2C(=O)OCC(=O)c2ccc(C3CCCCC3)cc2)cc1. The topological polar surface area (TPSA) is 80.8 Å². The Labute approximate surface area is 196 Å². The molecule has 2 aromatic rings. The minimum Gasteiger partial charge on any atom is -0.456 e.